The highest BCUT2D eigenvalue weighted by Crippen LogP contribution is 2.26. The molecule has 7 heteroatoms. The van der Waals surface area contributed by atoms with Gasteiger partial charge < -0.3 is 0 Å². The van der Waals surface area contributed by atoms with Crippen LogP contribution in [0.1, 0.15) is 29.7 Å². The molecule has 2 aromatic rings. The summed E-state index contributed by atoms with van der Waals surface area (Å²) in [4.78, 5) is 4.63. The van der Waals surface area contributed by atoms with Crippen molar-refractivity contribution in [2.24, 2.45) is 0 Å². The Hall–Kier alpha value is -1.83. The average Bonchev–Trinajstić information content (AvgIpc) is 2.67. The Morgan fingerprint density at radius 2 is 1.89 bits per heavy atom. The first kappa shape index (κ1) is 19.9. The Labute approximate surface area is 163 Å². The Morgan fingerprint density at radius 3 is 2.59 bits per heavy atom. The number of sulfonamides is 1. The van der Waals surface area contributed by atoms with Gasteiger partial charge in [-0.25, -0.2) is 13.4 Å². The maximum Gasteiger partial charge on any atom is 0.243 e. The van der Waals surface area contributed by atoms with E-state index in [2.05, 4.69) is 11.6 Å². The third-order valence-electron chi connectivity index (χ3n) is 4.82. The lowest BCUT2D eigenvalue weighted by Crippen LogP contribution is -2.29. The summed E-state index contributed by atoms with van der Waals surface area (Å²) in [5.41, 5.74) is 3.50. The molecule has 0 bridgehead atoms. The Kier molecular flexibility index (Phi) is 5.93. The predicted molar refractivity (Wildman–Crippen MR) is 109 cm³/mol. The van der Waals surface area contributed by atoms with Gasteiger partial charge in [0.1, 0.15) is 5.03 Å². The van der Waals surface area contributed by atoms with Crippen LogP contribution in [0.5, 0.6) is 0 Å². The van der Waals surface area contributed by atoms with E-state index in [0.29, 0.717) is 21.2 Å². The minimum atomic E-state index is -3.62. The number of fused-ring (bicyclic) bond motifs is 1. The van der Waals surface area contributed by atoms with Gasteiger partial charge in [-0.3, -0.25) is 4.21 Å². The topological polar surface area (TPSA) is 67.3 Å². The Bertz CT molecular complexity index is 1000. The van der Waals surface area contributed by atoms with Crippen LogP contribution in [0, 0.1) is 0 Å². The van der Waals surface area contributed by atoms with Crippen LogP contribution in [0.25, 0.3) is 5.57 Å². The van der Waals surface area contributed by atoms with Gasteiger partial charge in [0.05, 0.1) is 21.4 Å². The van der Waals surface area contributed by atoms with Gasteiger partial charge in [0.15, 0.2) is 0 Å². The zero-order valence-electron chi connectivity index (χ0n) is 15.6. The zero-order chi connectivity index (χ0) is 19.6. The summed E-state index contributed by atoms with van der Waals surface area (Å²) in [6.45, 7) is 4.09. The van der Waals surface area contributed by atoms with E-state index in [9.17, 15) is 12.6 Å². The van der Waals surface area contributed by atoms with Crippen LogP contribution in [0.2, 0.25) is 0 Å². The van der Waals surface area contributed by atoms with Crippen LogP contribution >= 0.6 is 0 Å². The van der Waals surface area contributed by atoms with Crippen molar-refractivity contribution < 1.29 is 12.6 Å². The van der Waals surface area contributed by atoms with Crippen LogP contribution in [-0.4, -0.2) is 41.8 Å². The van der Waals surface area contributed by atoms with Gasteiger partial charge in [-0.1, -0.05) is 18.7 Å². The van der Waals surface area contributed by atoms with E-state index in [1.54, 1.807) is 37.6 Å². The number of pyridine rings is 1. The molecule has 144 valence electrons. The van der Waals surface area contributed by atoms with E-state index < -0.39 is 20.8 Å². The van der Waals surface area contributed by atoms with E-state index in [4.69, 9.17) is 0 Å². The molecule has 0 N–H and O–H groups in total. The molecular weight excluding hydrogens is 380 g/mol. The first-order chi connectivity index (χ1) is 12.8. The second-order valence-electron chi connectivity index (χ2n) is 6.82. The molecule has 1 aromatic carbocycles. The lowest BCUT2D eigenvalue weighted by Gasteiger charge is -2.21. The van der Waals surface area contributed by atoms with Crippen molar-refractivity contribution in [1.29, 1.82) is 0 Å². The first-order valence-electron chi connectivity index (χ1n) is 8.86. The van der Waals surface area contributed by atoms with E-state index >= 15 is 0 Å². The second kappa shape index (κ2) is 8.04. The van der Waals surface area contributed by atoms with Gasteiger partial charge in [-0.15, -0.1) is 0 Å². The van der Waals surface area contributed by atoms with Gasteiger partial charge in [0.25, 0.3) is 0 Å². The first-order valence-corrected chi connectivity index (χ1v) is 11.9. The van der Waals surface area contributed by atoms with Crippen LogP contribution in [0.3, 0.4) is 0 Å². The number of aromatic nitrogens is 1. The summed E-state index contributed by atoms with van der Waals surface area (Å²) in [6.07, 6.45) is 5.77. The lowest BCUT2D eigenvalue weighted by atomic mass is 9.92. The van der Waals surface area contributed by atoms with Crippen LogP contribution in [0.4, 0.5) is 0 Å². The molecule has 1 unspecified atom stereocenters. The number of aryl methyl sites for hydroxylation is 2. The molecule has 27 heavy (non-hydrogen) atoms. The summed E-state index contributed by atoms with van der Waals surface area (Å²) in [6, 6.07) is 10.6. The number of rotatable bonds is 6. The van der Waals surface area contributed by atoms with E-state index in [-0.39, 0.29) is 6.54 Å². The number of nitrogens with zero attached hydrogens (tertiary/aromatic N) is 2. The molecule has 0 aliphatic heterocycles. The predicted octanol–water partition coefficient (Wildman–Crippen LogP) is 3.03. The zero-order valence-corrected chi connectivity index (χ0v) is 17.3. The van der Waals surface area contributed by atoms with Gasteiger partial charge in [-0.2, -0.15) is 4.31 Å². The SMILES string of the molecule is C=C(CN(C)S(=O)(=O)c1ccc2c(c1)CCCC2)c1cccc(S(C)=O)n1. The molecule has 1 atom stereocenters. The highest BCUT2D eigenvalue weighted by molar-refractivity contribution is 7.89. The minimum Gasteiger partial charge on any atom is -0.253 e. The second-order valence-corrected chi connectivity index (χ2v) is 10.2. The highest BCUT2D eigenvalue weighted by Gasteiger charge is 2.23. The van der Waals surface area contributed by atoms with Gasteiger partial charge in [0.2, 0.25) is 10.0 Å². The monoisotopic (exact) mass is 404 g/mol. The molecule has 1 aliphatic carbocycles. The fourth-order valence-corrected chi connectivity index (χ4v) is 4.97. The normalized spacial score (nSPS) is 15.4. The molecule has 0 fully saturated rings. The van der Waals surface area contributed by atoms with Crippen molar-refractivity contribution in [3.8, 4) is 0 Å². The molecule has 1 aliphatic rings. The third-order valence-corrected chi connectivity index (χ3v) is 7.44. The highest BCUT2D eigenvalue weighted by atomic mass is 32.2. The van der Waals surface area contributed by atoms with E-state index in [0.717, 1.165) is 31.2 Å². The Balaban J connectivity index is 1.80. The van der Waals surface area contributed by atoms with Crippen molar-refractivity contribution in [3.05, 3.63) is 59.8 Å². The average molecular weight is 405 g/mol. The largest absolute Gasteiger partial charge is 0.253 e. The smallest absolute Gasteiger partial charge is 0.243 e. The summed E-state index contributed by atoms with van der Waals surface area (Å²) < 4.78 is 38.9. The number of hydrogen-bond donors (Lipinski definition) is 0. The molecule has 0 amide bonds. The number of hydrogen-bond acceptors (Lipinski definition) is 4. The van der Waals surface area contributed by atoms with Crippen molar-refractivity contribution in [2.45, 2.75) is 35.6 Å². The maximum absolute atomic E-state index is 13.0. The van der Waals surface area contributed by atoms with E-state index in [1.165, 1.54) is 9.87 Å². The van der Waals surface area contributed by atoms with Crippen molar-refractivity contribution in [3.63, 3.8) is 0 Å². The van der Waals surface area contributed by atoms with Crippen LogP contribution in [-0.2, 0) is 33.7 Å². The van der Waals surface area contributed by atoms with Crippen LogP contribution in [0.15, 0.2) is 52.9 Å². The molecule has 3 rings (SSSR count). The summed E-state index contributed by atoms with van der Waals surface area (Å²) in [5, 5.41) is 0.453. The molecule has 0 radical (unpaired) electrons. The van der Waals surface area contributed by atoms with Gasteiger partial charge in [0, 0.05) is 19.8 Å². The lowest BCUT2D eigenvalue weighted by molar-refractivity contribution is 0.502. The molecule has 1 aromatic heterocycles. The number of likely N-dealkylation sites (N-methyl/N-ethyl adjacent to an activating group) is 1. The quantitative estimate of drug-likeness (QED) is 0.742. The van der Waals surface area contributed by atoms with Crippen LogP contribution < -0.4 is 0 Å². The van der Waals surface area contributed by atoms with Gasteiger partial charge >= 0.3 is 0 Å². The third kappa shape index (κ3) is 4.36. The molecule has 5 nitrogen and oxygen atoms in total. The standard InChI is InChI=1S/C20H24N2O3S2/c1-15(19-9-6-10-20(21-19)26(3)23)14-22(2)27(24,25)18-12-11-16-7-4-5-8-17(16)13-18/h6,9-13H,1,4-5,7-8,14H2,2-3H3. The van der Waals surface area contributed by atoms with Crippen molar-refractivity contribution >= 4 is 26.4 Å². The maximum atomic E-state index is 13.0. The molecule has 1 heterocycles. The molecule has 0 saturated carbocycles. The molecule has 0 saturated heterocycles. The fourth-order valence-electron chi connectivity index (χ4n) is 3.26. The van der Waals surface area contributed by atoms with Gasteiger partial charge in [-0.05, 0) is 66.6 Å². The molecule has 0 spiro atoms. The van der Waals surface area contributed by atoms with Crippen molar-refractivity contribution in [2.75, 3.05) is 19.8 Å². The number of benzene rings is 1. The summed E-state index contributed by atoms with van der Waals surface area (Å²) in [5.74, 6) is 0. The molecular formula is C20H24N2O3S2. The minimum absolute atomic E-state index is 0.117. The fraction of sp³-hybridized carbons (Fsp3) is 0.350. The Morgan fingerprint density at radius 1 is 1.19 bits per heavy atom. The summed E-state index contributed by atoms with van der Waals surface area (Å²) >= 11 is 0. The van der Waals surface area contributed by atoms with Crippen molar-refractivity contribution in [1.82, 2.24) is 9.29 Å². The summed E-state index contributed by atoms with van der Waals surface area (Å²) in [7, 11) is -3.27. The van der Waals surface area contributed by atoms with E-state index in [1.807, 2.05) is 12.1 Å².